The Morgan fingerprint density at radius 2 is 2.37 bits per heavy atom. The first-order valence-electron chi connectivity index (χ1n) is 6.43. The summed E-state index contributed by atoms with van der Waals surface area (Å²) in [6, 6.07) is 0. The quantitative estimate of drug-likeness (QED) is 0.783. The van der Waals surface area contributed by atoms with Crippen molar-refractivity contribution in [2.45, 2.75) is 37.8 Å². The first kappa shape index (κ1) is 13.4. The maximum Gasteiger partial charge on any atom is 0.195 e. The van der Waals surface area contributed by atoms with Gasteiger partial charge in [0.15, 0.2) is 10.8 Å². The topological polar surface area (TPSA) is 29.8 Å². The lowest BCUT2D eigenvalue weighted by atomic mass is 10.1. The second kappa shape index (κ2) is 4.75. The van der Waals surface area contributed by atoms with Crippen LogP contribution in [0.3, 0.4) is 0 Å². The number of aromatic nitrogens is 2. The van der Waals surface area contributed by atoms with Gasteiger partial charge in [0.2, 0.25) is 0 Å². The predicted molar refractivity (Wildman–Crippen MR) is 82.5 cm³/mol. The lowest BCUT2D eigenvalue weighted by molar-refractivity contribution is -0.0751. The van der Waals surface area contributed by atoms with Gasteiger partial charge in [-0.3, -0.25) is 4.40 Å². The fraction of sp³-hybridized carbons (Fsp3) is 0.615. The second-order valence-corrected chi connectivity index (χ2v) is 7.07. The fourth-order valence-electron chi connectivity index (χ4n) is 2.81. The highest BCUT2D eigenvalue weighted by Gasteiger charge is 2.33. The Morgan fingerprint density at radius 3 is 3.05 bits per heavy atom. The molecular weight excluding hydrogens is 326 g/mol. The molecule has 0 spiro atoms. The fourth-order valence-corrected chi connectivity index (χ4v) is 4.06. The highest BCUT2D eigenvalue weighted by atomic mass is 79.9. The average Bonchev–Trinajstić information content (AvgIpc) is 2.84. The number of alkyl halides is 1. The van der Waals surface area contributed by atoms with Crippen LogP contribution in [0.15, 0.2) is 11.6 Å². The number of imidazole rings is 1. The normalized spacial score (nSPS) is 23.2. The Hall–Kier alpha value is -0.590. The van der Waals surface area contributed by atoms with Gasteiger partial charge in [-0.1, -0.05) is 15.9 Å². The molecule has 0 aromatic carbocycles. The molecule has 3 heterocycles. The molecule has 6 heteroatoms. The number of nitrogens with zero attached hydrogens (tertiary/aromatic N) is 3. The molecule has 19 heavy (non-hydrogen) atoms. The van der Waals surface area contributed by atoms with Gasteiger partial charge in [-0.2, -0.15) is 0 Å². The summed E-state index contributed by atoms with van der Waals surface area (Å²) in [4.78, 5) is 8.20. The van der Waals surface area contributed by atoms with Crippen LogP contribution in [0.2, 0.25) is 0 Å². The standard InChI is InChI=1S/C13H18BrN3OS/c1-9-7-16(8-13(2,3)18-9)11-10(6-14)17-4-5-19-12(17)15-11/h4-5,9H,6-8H2,1-3H3. The summed E-state index contributed by atoms with van der Waals surface area (Å²) in [6.45, 7) is 8.18. The number of rotatable bonds is 2. The van der Waals surface area contributed by atoms with E-state index in [1.165, 1.54) is 5.69 Å². The molecule has 0 N–H and O–H groups in total. The molecule has 0 amide bonds. The highest BCUT2D eigenvalue weighted by molar-refractivity contribution is 9.08. The molecule has 0 radical (unpaired) electrons. The van der Waals surface area contributed by atoms with Crippen molar-refractivity contribution in [1.29, 1.82) is 0 Å². The number of hydrogen-bond donors (Lipinski definition) is 0. The molecule has 104 valence electrons. The van der Waals surface area contributed by atoms with Crippen molar-refractivity contribution in [1.82, 2.24) is 9.38 Å². The SMILES string of the molecule is CC1CN(c2nc3sccn3c2CBr)CC(C)(C)O1. The van der Waals surface area contributed by atoms with Gasteiger partial charge >= 0.3 is 0 Å². The van der Waals surface area contributed by atoms with E-state index in [-0.39, 0.29) is 11.7 Å². The lowest BCUT2D eigenvalue weighted by Gasteiger charge is -2.42. The van der Waals surface area contributed by atoms with Crippen LogP contribution in [0.5, 0.6) is 0 Å². The summed E-state index contributed by atoms with van der Waals surface area (Å²) in [5, 5.41) is 2.89. The van der Waals surface area contributed by atoms with Crippen molar-refractivity contribution in [2.24, 2.45) is 0 Å². The van der Waals surface area contributed by atoms with E-state index in [9.17, 15) is 0 Å². The largest absolute Gasteiger partial charge is 0.369 e. The number of morpholine rings is 1. The molecule has 4 nitrogen and oxygen atoms in total. The molecular formula is C13H18BrN3OS. The molecule has 1 saturated heterocycles. The van der Waals surface area contributed by atoms with Crippen molar-refractivity contribution in [3.8, 4) is 0 Å². The van der Waals surface area contributed by atoms with E-state index in [0.717, 1.165) is 29.2 Å². The van der Waals surface area contributed by atoms with Gasteiger partial charge in [0.25, 0.3) is 0 Å². The van der Waals surface area contributed by atoms with E-state index in [1.54, 1.807) is 11.3 Å². The Balaban J connectivity index is 2.01. The Labute approximate surface area is 125 Å². The molecule has 2 aromatic rings. The Morgan fingerprint density at radius 1 is 1.58 bits per heavy atom. The smallest absolute Gasteiger partial charge is 0.195 e. The van der Waals surface area contributed by atoms with Crippen LogP contribution in [0.1, 0.15) is 26.5 Å². The number of anilines is 1. The Bertz CT molecular complexity index is 592. The van der Waals surface area contributed by atoms with Gasteiger partial charge < -0.3 is 9.64 Å². The maximum absolute atomic E-state index is 5.97. The van der Waals surface area contributed by atoms with Crippen molar-refractivity contribution in [3.05, 3.63) is 17.3 Å². The molecule has 1 atom stereocenters. The predicted octanol–water partition coefficient (Wildman–Crippen LogP) is 3.29. The van der Waals surface area contributed by atoms with Gasteiger partial charge in [-0.15, -0.1) is 11.3 Å². The molecule has 2 aromatic heterocycles. The molecule has 0 bridgehead atoms. The molecule has 1 fully saturated rings. The minimum absolute atomic E-state index is 0.127. The van der Waals surface area contributed by atoms with Crippen molar-refractivity contribution >= 4 is 38.0 Å². The number of ether oxygens (including phenoxy) is 1. The van der Waals surface area contributed by atoms with E-state index >= 15 is 0 Å². The minimum atomic E-state index is -0.127. The number of halogens is 1. The van der Waals surface area contributed by atoms with E-state index in [2.05, 4.69) is 57.6 Å². The van der Waals surface area contributed by atoms with Crippen LogP contribution in [0.25, 0.3) is 4.96 Å². The van der Waals surface area contributed by atoms with Crippen LogP contribution in [-0.4, -0.2) is 34.2 Å². The van der Waals surface area contributed by atoms with Crippen molar-refractivity contribution in [2.75, 3.05) is 18.0 Å². The summed E-state index contributed by atoms with van der Waals surface area (Å²) >= 11 is 5.26. The van der Waals surface area contributed by atoms with Gasteiger partial charge in [-0.25, -0.2) is 4.98 Å². The third kappa shape index (κ3) is 2.41. The monoisotopic (exact) mass is 343 g/mol. The number of fused-ring (bicyclic) bond motifs is 1. The first-order valence-corrected chi connectivity index (χ1v) is 8.43. The van der Waals surface area contributed by atoms with E-state index < -0.39 is 0 Å². The Kier molecular flexibility index (Phi) is 3.35. The summed E-state index contributed by atoms with van der Waals surface area (Å²) in [7, 11) is 0. The van der Waals surface area contributed by atoms with Gasteiger partial charge in [0.1, 0.15) is 0 Å². The van der Waals surface area contributed by atoms with E-state index in [4.69, 9.17) is 9.72 Å². The summed E-state index contributed by atoms with van der Waals surface area (Å²) in [5.74, 6) is 1.09. The average molecular weight is 344 g/mol. The van der Waals surface area contributed by atoms with Crippen LogP contribution in [0, 0.1) is 0 Å². The molecule has 1 aliphatic rings. The minimum Gasteiger partial charge on any atom is -0.369 e. The lowest BCUT2D eigenvalue weighted by Crippen LogP contribution is -2.52. The van der Waals surface area contributed by atoms with Crippen molar-refractivity contribution in [3.63, 3.8) is 0 Å². The van der Waals surface area contributed by atoms with E-state index in [0.29, 0.717) is 0 Å². The van der Waals surface area contributed by atoms with Gasteiger partial charge in [-0.05, 0) is 20.8 Å². The number of hydrogen-bond acceptors (Lipinski definition) is 4. The molecule has 0 saturated carbocycles. The summed E-state index contributed by atoms with van der Waals surface area (Å²) in [5.41, 5.74) is 1.10. The zero-order valence-electron chi connectivity index (χ0n) is 11.4. The first-order chi connectivity index (χ1) is 9.00. The zero-order valence-corrected chi connectivity index (χ0v) is 13.8. The third-order valence-corrected chi connectivity index (χ3v) is 4.62. The second-order valence-electron chi connectivity index (χ2n) is 5.64. The van der Waals surface area contributed by atoms with Crippen LogP contribution in [0.4, 0.5) is 5.82 Å². The van der Waals surface area contributed by atoms with Gasteiger partial charge in [0.05, 0.1) is 17.4 Å². The molecule has 1 aliphatic heterocycles. The zero-order chi connectivity index (χ0) is 13.6. The van der Waals surface area contributed by atoms with Gasteiger partial charge in [0, 0.05) is 30.0 Å². The number of thiazole rings is 1. The maximum atomic E-state index is 5.97. The third-order valence-electron chi connectivity index (χ3n) is 3.34. The summed E-state index contributed by atoms with van der Waals surface area (Å²) < 4.78 is 8.14. The van der Waals surface area contributed by atoms with E-state index in [1.807, 2.05) is 0 Å². The van der Waals surface area contributed by atoms with Crippen molar-refractivity contribution < 1.29 is 4.74 Å². The highest BCUT2D eigenvalue weighted by Crippen LogP contribution is 2.31. The van der Waals surface area contributed by atoms with Crippen LogP contribution < -0.4 is 4.90 Å². The van der Waals surface area contributed by atoms with Crippen LogP contribution >= 0.6 is 27.3 Å². The summed E-state index contributed by atoms with van der Waals surface area (Å²) in [6.07, 6.45) is 2.31. The molecule has 3 rings (SSSR count). The van der Waals surface area contributed by atoms with Crippen LogP contribution in [-0.2, 0) is 10.1 Å². The molecule has 0 aliphatic carbocycles. The molecule has 1 unspecified atom stereocenters.